The van der Waals surface area contributed by atoms with E-state index in [-0.39, 0.29) is 5.56 Å². The molecule has 1 N–H and O–H groups in total. The monoisotopic (exact) mass is 358 g/mol. The van der Waals surface area contributed by atoms with Crippen LogP contribution in [0.1, 0.15) is 18.9 Å². The summed E-state index contributed by atoms with van der Waals surface area (Å²) < 4.78 is 19.5. The third-order valence-electron chi connectivity index (χ3n) is 3.04. The molecule has 0 spiro atoms. The van der Waals surface area contributed by atoms with E-state index in [0.29, 0.717) is 24.0 Å². The number of ether oxygens (including phenoxy) is 1. The highest BCUT2D eigenvalue weighted by Gasteiger charge is 2.38. The second kappa shape index (κ2) is 7.97. The van der Waals surface area contributed by atoms with Crippen molar-refractivity contribution in [2.75, 3.05) is 20.2 Å². The molecule has 0 heterocycles. The summed E-state index contributed by atoms with van der Waals surface area (Å²) in [6.07, 6.45) is 0.520. The number of hydrogen-bond acceptors (Lipinski definition) is 4. The van der Waals surface area contributed by atoms with Gasteiger partial charge >= 0.3 is 5.97 Å². The maximum atomic E-state index is 14.1. The molecule has 0 radical (unpaired) electrons. The van der Waals surface area contributed by atoms with Gasteiger partial charge in [0.15, 0.2) is 0 Å². The summed E-state index contributed by atoms with van der Waals surface area (Å²) in [5.74, 6) is -1.10. The molecule has 8 heteroatoms. The summed E-state index contributed by atoms with van der Waals surface area (Å²) >= 11 is 3.26. The fourth-order valence-corrected chi connectivity index (χ4v) is 2.26. The van der Waals surface area contributed by atoms with E-state index in [4.69, 9.17) is 10.3 Å². The molecule has 0 aliphatic heterocycles. The molecule has 0 fully saturated rings. The van der Waals surface area contributed by atoms with Crippen molar-refractivity contribution in [3.8, 4) is 0 Å². The van der Waals surface area contributed by atoms with E-state index in [2.05, 4.69) is 31.3 Å². The number of esters is 1. The fraction of sp³-hybridized carbons (Fsp3) is 0.462. The van der Waals surface area contributed by atoms with Gasteiger partial charge in [-0.2, -0.15) is 0 Å². The van der Waals surface area contributed by atoms with Crippen molar-refractivity contribution in [1.29, 1.82) is 0 Å². The van der Waals surface area contributed by atoms with Gasteiger partial charge in [-0.25, -0.2) is 9.18 Å². The number of carbonyl (C=O) groups excluding carboxylic acids is 1. The van der Waals surface area contributed by atoms with Crippen molar-refractivity contribution in [2.45, 2.75) is 18.9 Å². The Morgan fingerprint density at radius 2 is 2.33 bits per heavy atom. The van der Waals surface area contributed by atoms with Gasteiger partial charge in [0.25, 0.3) is 0 Å². The van der Waals surface area contributed by atoms with Crippen molar-refractivity contribution in [2.24, 2.45) is 5.11 Å². The van der Waals surface area contributed by atoms with Crippen molar-refractivity contribution in [3.63, 3.8) is 0 Å². The van der Waals surface area contributed by atoms with Crippen LogP contribution in [0, 0.1) is 5.82 Å². The Morgan fingerprint density at radius 1 is 1.62 bits per heavy atom. The maximum absolute atomic E-state index is 14.1. The van der Waals surface area contributed by atoms with E-state index in [1.165, 1.54) is 19.2 Å². The Kier molecular flexibility index (Phi) is 6.61. The van der Waals surface area contributed by atoms with Crippen LogP contribution in [-0.2, 0) is 15.1 Å². The summed E-state index contributed by atoms with van der Waals surface area (Å²) in [6, 6.07) is 4.37. The van der Waals surface area contributed by atoms with Crippen LogP contribution in [0.3, 0.4) is 0 Å². The van der Waals surface area contributed by atoms with Gasteiger partial charge in [0.2, 0.25) is 0 Å². The Labute approximate surface area is 130 Å². The molecular formula is C13H16BrFN4O2. The highest BCUT2D eigenvalue weighted by Crippen LogP contribution is 2.28. The summed E-state index contributed by atoms with van der Waals surface area (Å²) in [4.78, 5) is 14.7. The van der Waals surface area contributed by atoms with Gasteiger partial charge in [-0.15, -0.1) is 0 Å². The van der Waals surface area contributed by atoms with E-state index >= 15 is 0 Å². The Morgan fingerprint density at radius 3 is 2.95 bits per heavy atom. The zero-order valence-electron chi connectivity index (χ0n) is 11.8. The molecule has 114 valence electrons. The molecule has 0 aliphatic carbocycles. The van der Waals surface area contributed by atoms with Crippen LogP contribution in [-0.4, -0.2) is 26.2 Å². The number of azide groups is 1. The van der Waals surface area contributed by atoms with Crippen LogP contribution in [0.15, 0.2) is 27.8 Å². The van der Waals surface area contributed by atoms with Gasteiger partial charge < -0.3 is 4.74 Å². The first-order valence-electron chi connectivity index (χ1n) is 6.25. The Balaban J connectivity index is 3.00. The lowest BCUT2D eigenvalue weighted by molar-refractivity contribution is -0.148. The van der Waals surface area contributed by atoms with Crippen LogP contribution in [0.4, 0.5) is 4.39 Å². The smallest absolute Gasteiger partial charge is 0.330 e. The number of nitrogens with zero attached hydrogens (tertiary/aromatic N) is 3. The Bertz CT molecular complexity index is 563. The molecule has 1 rings (SSSR count). The third kappa shape index (κ3) is 4.42. The first-order chi connectivity index (χ1) is 9.95. The van der Waals surface area contributed by atoms with E-state index in [1.807, 2.05) is 0 Å². The zero-order chi connectivity index (χ0) is 15.9. The van der Waals surface area contributed by atoms with Crippen LogP contribution >= 0.6 is 15.9 Å². The van der Waals surface area contributed by atoms with Crippen LogP contribution < -0.4 is 5.32 Å². The third-order valence-corrected chi connectivity index (χ3v) is 3.53. The van der Waals surface area contributed by atoms with Gasteiger partial charge in [0.1, 0.15) is 11.4 Å². The number of hydrogen-bond donors (Lipinski definition) is 1. The summed E-state index contributed by atoms with van der Waals surface area (Å²) in [7, 11) is 1.25. The van der Waals surface area contributed by atoms with Crippen molar-refractivity contribution in [3.05, 3.63) is 44.5 Å². The molecule has 0 saturated heterocycles. The predicted octanol–water partition coefficient (Wildman–Crippen LogP) is 3.27. The second-order valence-corrected chi connectivity index (χ2v) is 5.39. The van der Waals surface area contributed by atoms with Gasteiger partial charge in [0, 0.05) is 21.5 Å². The summed E-state index contributed by atoms with van der Waals surface area (Å²) in [5, 5.41) is 6.37. The van der Waals surface area contributed by atoms with E-state index in [1.54, 1.807) is 13.0 Å². The second-order valence-electron chi connectivity index (χ2n) is 4.48. The van der Waals surface area contributed by atoms with Crippen LogP contribution in [0.2, 0.25) is 0 Å². The minimum Gasteiger partial charge on any atom is -0.467 e. The number of carbonyl (C=O) groups is 1. The number of halogens is 2. The van der Waals surface area contributed by atoms with Gasteiger partial charge in [-0.05, 0) is 43.6 Å². The molecule has 0 saturated carbocycles. The number of rotatable bonds is 7. The highest BCUT2D eigenvalue weighted by atomic mass is 79.9. The lowest BCUT2D eigenvalue weighted by Gasteiger charge is -2.29. The van der Waals surface area contributed by atoms with E-state index in [0.717, 1.165) is 0 Å². The predicted molar refractivity (Wildman–Crippen MR) is 80.1 cm³/mol. The van der Waals surface area contributed by atoms with Gasteiger partial charge in [0.05, 0.1) is 7.11 Å². The average molecular weight is 359 g/mol. The quantitative estimate of drug-likeness (QED) is 0.266. The van der Waals surface area contributed by atoms with Gasteiger partial charge in [-0.1, -0.05) is 21.0 Å². The first kappa shape index (κ1) is 17.4. The highest BCUT2D eigenvalue weighted by molar-refractivity contribution is 9.10. The molecule has 0 bridgehead atoms. The van der Waals surface area contributed by atoms with E-state index in [9.17, 15) is 9.18 Å². The van der Waals surface area contributed by atoms with Crippen LogP contribution in [0.5, 0.6) is 0 Å². The number of methoxy groups -OCH3 is 1. The maximum Gasteiger partial charge on any atom is 0.330 e. The normalized spacial score (nSPS) is 13.1. The number of benzene rings is 1. The first-order valence-corrected chi connectivity index (χ1v) is 7.05. The number of nitrogens with one attached hydrogen (secondary N) is 1. The molecule has 6 nitrogen and oxygen atoms in total. The topological polar surface area (TPSA) is 87.1 Å². The Hall–Kier alpha value is -1.63. The molecule has 1 aromatic rings. The standard InChI is InChI=1S/C13H16BrFN4O2/c1-13(12(20)21-2,17-6-3-7-18-19-16)10-8-9(14)4-5-11(10)15/h4-5,8,17H,3,6-7H2,1-2H3. The lowest BCUT2D eigenvalue weighted by Crippen LogP contribution is -2.48. The molecule has 1 unspecified atom stereocenters. The molecular weight excluding hydrogens is 343 g/mol. The molecule has 1 atom stereocenters. The lowest BCUT2D eigenvalue weighted by atomic mass is 9.91. The van der Waals surface area contributed by atoms with Crippen molar-refractivity contribution >= 4 is 21.9 Å². The van der Waals surface area contributed by atoms with Crippen molar-refractivity contribution in [1.82, 2.24) is 5.32 Å². The minimum absolute atomic E-state index is 0.188. The van der Waals surface area contributed by atoms with Gasteiger partial charge in [-0.3, -0.25) is 5.32 Å². The molecule has 1 aromatic carbocycles. The summed E-state index contributed by atoms with van der Waals surface area (Å²) in [6.45, 7) is 2.22. The van der Waals surface area contributed by atoms with Crippen LogP contribution in [0.25, 0.3) is 10.4 Å². The minimum atomic E-state index is -1.32. The zero-order valence-corrected chi connectivity index (χ0v) is 13.4. The molecule has 0 amide bonds. The largest absolute Gasteiger partial charge is 0.467 e. The summed E-state index contributed by atoms with van der Waals surface area (Å²) in [5.41, 5.74) is 7.07. The van der Waals surface area contributed by atoms with E-state index < -0.39 is 17.3 Å². The van der Waals surface area contributed by atoms with Crippen molar-refractivity contribution < 1.29 is 13.9 Å². The average Bonchev–Trinajstić information content (AvgIpc) is 2.48. The molecule has 21 heavy (non-hydrogen) atoms. The fourth-order valence-electron chi connectivity index (χ4n) is 1.90. The molecule has 0 aromatic heterocycles. The SMILES string of the molecule is COC(=O)C(C)(NCCCN=[N+]=[N-])c1cc(Br)ccc1F. The molecule has 0 aliphatic rings.